The first-order valence-electron chi connectivity index (χ1n) is 4.50. The number of nitrogens with zero attached hydrogens (tertiary/aromatic N) is 1. The van der Waals surface area contributed by atoms with E-state index in [0.29, 0.717) is 4.65 Å². The Labute approximate surface area is 68.6 Å². The molecule has 0 aliphatic carbocycles. The fourth-order valence-corrected chi connectivity index (χ4v) is 1.45. The molecule has 1 saturated heterocycles. The lowest BCUT2D eigenvalue weighted by molar-refractivity contribution is -1.13. The Bertz CT molecular complexity index is 113. The number of quaternary nitrogens is 1. The molecule has 3 heteroatoms. The second-order valence-electron chi connectivity index (χ2n) is 3.43. The predicted octanol–water partition coefficient (Wildman–Crippen LogP) is 0.596. The van der Waals surface area contributed by atoms with Gasteiger partial charge < -0.3 is 5.32 Å². The molecule has 0 bridgehead atoms. The van der Waals surface area contributed by atoms with Crippen LogP contribution >= 0.6 is 0 Å². The van der Waals surface area contributed by atoms with Gasteiger partial charge in [0.15, 0.2) is 0 Å². The third-order valence-electron chi connectivity index (χ3n) is 2.40. The first-order chi connectivity index (χ1) is 5.27. The van der Waals surface area contributed by atoms with Crippen molar-refractivity contribution >= 4 is 0 Å². The van der Waals surface area contributed by atoms with Crippen LogP contribution in [-0.4, -0.2) is 43.1 Å². The molecule has 0 aromatic heterocycles. The number of likely N-dealkylation sites (tertiary alicyclic amines) is 1. The molecule has 2 N–H and O–H groups in total. The van der Waals surface area contributed by atoms with Crippen molar-refractivity contribution in [3.05, 3.63) is 0 Å². The van der Waals surface area contributed by atoms with Crippen LogP contribution in [0.3, 0.4) is 0 Å². The van der Waals surface area contributed by atoms with Crippen molar-refractivity contribution in [1.82, 2.24) is 5.32 Å². The summed E-state index contributed by atoms with van der Waals surface area (Å²) in [5.74, 6) is 0. The number of hydrogen-bond acceptors (Lipinski definition) is 2. The number of hydroxylamine groups is 3. The van der Waals surface area contributed by atoms with Gasteiger partial charge in [-0.1, -0.05) is 0 Å². The third-order valence-corrected chi connectivity index (χ3v) is 2.40. The third kappa shape index (κ3) is 2.77. The van der Waals surface area contributed by atoms with Crippen molar-refractivity contribution < 1.29 is 9.85 Å². The first-order valence-corrected chi connectivity index (χ1v) is 4.50. The zero-order chi connectivity index (χ0) is 8.16. The number of rotatable bonds is 5. The molecular weight excluding hydrogens is 140 g/mol. The molecule has 0 aromatic carbocycles. The van der Waals surface area contributed by atoms with Gasteiger partial charge in [0.1, 0.15) is 19.6 Å². The quantitative estimate of drug-likeness (QED) is 0.455. The van der Waals surface area contributed by atoms with E-state index in [1.54, 1.807) is 0 Å². The predicted molar refractivity (Wildman–Crippen MR) is 44.4 cm³/mol. The van der Waals surface area contributed by atoms with Crippen LogP contribution in [-0.2, 0) is 0 Å². The molecule has 3 nitrogen and oxygen atoms in total. The van der Waals surface area contributed by atoms with Crippen LogP contribution in [0.4, 0.5) is 0 Å². The van der Waals surface area contributed by atoms with Gasteiger partial charge >= 0.3 is 0 Å². The molecule has 0 atom stereocenters. The Morgan fingerprint density at radius 2 is 2.09 bits per heavy atom. The van der Waals surface area contributed by atoms with E-state index in [9.17, 15) is 5.21 Å². The molecule has 0 spiro atoms. The molecule has 0 amide bonds. The Hall–Kier alpha value is -0.120. The van der Waals surface area contributed by atoms with Gasteiger partial charge in [0.25, 0.3) is 0 Å². The first kappa shape index (κ1) is 8.97. The standard InChI is InChI=1S/C8H19N2O/c1-9-5-2-3-6-10(11)7-4-8-10/h9,11H,2-8H2,1H3/q+1. The summed E-state index contributed by atoms with van der Waals surface area (Å²) < 4.78 is 0.337. The van der Waals surface area contributed by atoms with Crippen molar-refractivity contribution in [1.29, 1.82) is 0 Å². The van der Waals surface area contributed by atoms with Gasteiger partial charge in [-0.25, -0.2) is 5.21 Å². The Morgan fingerprint density at radius 1 is 1.36 bits per heavy atom. The minimum absolute atomic E-state index is 0.337. The van der Waals surface area contributed by atoms with Crippen molar-refractivity contribution in [2.45, 2.75) is 19.3 Å². The van der Waals surface area contributed by atoms with Gasteiger partial charge in [-0.05, 0) is 20.0 Å². The minimum Gasteiger partial charge on any atom is -0.320 e. The highest BCUT2D eigenvalue weighted by molar-refractivity contribution is 4.50. The van der Waals surface area contributed by atoms with E-state index in [-0.39, 0.29) is 0 Å². The topological polar surface area (TPSA) is 32.3 Å². The lowest BCUT2D eigenvalue weighted by atomic mass is 10.2. The Balaban J connectivity index is 1.94. The summed E-state index contributed by atoms with van der Waals surface area (Å²) >= 11 is 0. The Morgan fingerprint density at radius 3 is 2.55 bits per heavy atom. The van der Waals surface area contributed by atoms with E-state index in [0.717, 1.165) is 32.6 Å². The van der Waals surface area contributed by atoms with Gasteiger partial charge in [0.05, 0.1) is 6.42 Å². The average Bonchev–Trinajstić information content (AvgIpc) is 1.95. The fourth-order valence-electron chi connectivity index (χ4n) is 1.45. The maximum atomic E-state index is 9.63. The largest absolute Gasteiger partial charge is 0.320 e. The van der Waals surface area contributed by atoms with Crippen LogP contribution in [0.1, 0.15) is 19.3 Å². The summed E-state index contributed by atoms with van der Waals surface area (Å²) in [5.41, 5.74) is 0. The molecule has 0 radical (unpaired) electrons. The van der Waals surface area contributed by atoms with Crippen molar-refractivity contribution in [2.24, 2.45) is 0 Å². The number of nitrogens with one attached hydrogen (secondary N) is 1. The van der Waals surface area contributed by atoms with Gasteiger partial charge in [-0.15, -0.1) is 0 Å². The molecule has 11 heavy (non-hydrogen) atoms. The Kier molecular flexibility index (Phi) is 3.30. The molecule has 0 saturated carbocycles. The second-order valence-corrected chi connectivity index (χ2v) is 3.43. The zero-order valence-corrected chi connectivity index (χ0v) is 7.34. The van der Waals surface area contributed by atoms with Crippen LogP contribution < -0.4 is 5.32 Å². The van der Waals surface area contributed by atoms with E-state index in [4.69, 9.17) is 0 Å². The maximum Gasteiger partial charge on any atom is 0.114 e. The van der Waals surface area contributed by atoms with E-state index < -0.39 is 0 Å². The SMILES string of the molecule is CNCCCC[N+]1(O)CCC1. The molecule has 0 aromatic rings. The zero-order valence-electron chi connectivity index (χ0n) is 7.34. The number of hydrogen-bond donors (Lipinski definition) is 2. The second kappa shape index (κ2) is 4.04. The molecule has 1 aliphatic rings. The van der Waals surface area contributed by atoms with Crippen LogP contribution in [0.2, 0.25) is 0 Å². The van der Waals surface area contributed by atoms with Crippen molar-refractivity contribution in [3.8, 4) is 0 Å². The highest BCUT2D eigenvalue weighted by atomic mass is 16.5. The van der Waals surface area contributed by atoms with E-state index in [1.807, 2.05) is 7.05 Å². The van der Waals surface area contributed by atoms with E-state index >= 15 is 0 Å². The summed E-state index contributed by atoms with van der Waals surface area (Å²) in [6, 6.07) is 0. The molecule has 1 heterocycles. The van der Waals surface area contributed by atoms with Gasteiger partial charge in [0.2, 0.25) is 0 Å². The summed E-state index contributed by atoms with van der Waals surface area (Å²) in [4.78, 5) is 0. The summed E-state index contributed by atoms with van der Waals surface area (Å²) in [6.07, 6.45) is 3.51. The molecule has 0 unspecified atom stereocenters. The highest BCUT2D eigenvalue weighted by Crippen LogP contribution is 2.16. The molecule has 1 fully saturated rings. The van der Waals surface area contributed by atoms with Gasteiger partial charge in [-0.3, -0.25) is 0 Å². The summed E-state index contributed by atoms with van der Waals surface area (Å²) in [5, 5.41) is 12.7. The average molecular weight is 159 g/mol. The van der Waals surface area contributed by atoms with E-state index in [1.165, 1.54) is 12.8 Å². The molecule has 1 aliphatic heterocycles. The number of unbranched alkanes of at least 4 members (excludes halogenated alkanes) is 1. The molecule has 1 rings (SSSR count). The molecular formula is C8H19N2O+. The van der Waals surface area contributed by atoms with Crippen molar-refractivity contribution in [3.63, 3.8) is 0 Å². The lowest BCUT2D eigenvalue weighted by Gasteiger charge is -2.37. The molecule has 66 valence electrons. The monoisotopic (exact) mass is 159 g/mol. The minimum atomic E-state index is 0.337. The van der Waals surface area contributed by atoms with Crippen molar-refractivity contribution in [2.75, 3.05) is 33.2 Å². The maximum absolute atomic E-state index is 9.63. The van der Waals surface area contributed by atoms with Crippen LogP contribution in [0.25, 0.3) is 0 Å². The normalized spacial score (nSPS) is 21.3. The fraction of sp³-hybridized carbons (Fsp3) is 1.00. The van der Waals surface area contributed by atoms with Gasteiger partial charge in [-0.2, -0.15) is 4.65 Å². The van der Waals surface area contributed by atoms with Gasteiger partial charge in [0, 0.05) is 6.42 Å². The smallest absolute Gasteiger partial charge is 0.114 e. The van der Waals surface area contributed by atoms with Crippen LogP contribution in [0, 0.1) is 0 Å². The summed E-state index contributed by atoms with van der Waals surface area (Å²) in [7, 11) is 1.97. The van der Waals surface area contributed by atoms with Crippen LogP contribution in [0.5, 0.6) is 0 Å². The lowest BCUT2D eigenvalue weighted by Crippen LogP contribution is -2.55. The summed E-state index contributed by atoms with van der Waals surface area (Å²) in [6.45, 7) is 3.96. The van der Waals surface area contributed by atoms with Crippen LogP contribution in [0.15, 0.2) is 0 Å². The van der Waals surface area contributed by atoms with E-state index in [2.05, 4.69) is 5.32 Å². The highest BCUT2D eigenvalue weighted by Gasteiger charge is 2.33.